The van der Waals surface area contributed by atoms with Gasteiger partial charge in [-0.1, -0.05) is 170 Å². The number of carbonyl (C=O) groups excluding carboxylic acids is 8. The molecular weight excluding hydrogens is 1410 g/mol. The highest BCUT2D eigenvalue weighted by Crippen LogP contribution is 2.61. The number of ether oxygens (including phenoxy) is 8. The van der Waals surface area contributed by atoms with E-state index in [1.807, 2.05) is 253 Å². The SMILES string of the molecule is CCC(C)(C)C(=O)OC(C)(c1ccccc1)c1ccccc1.CCC(C)(C)C(=O)OC(CC)(c1ccccc1)c1ccccc1.CCC(C)(C)C(=O)OC12CC3CC(CC(O)(C3)C1)C2.CCC(C)(C)C(=O)OC12CC3CC(CC(O)(C3)C1)C2.CCC(C)(C)C(=O)OC1COC(=O)C1.CCC(C)(C)C(=O)OC1COC(=O)C1. The van der Waals surface area contributed by atoms with Crippen LogP contribution < -0.4 is 0 Å². The molecule has 6 unspecified atom stereocenters. The summed E-state index contributed by atoms with van der Waals surface area (Å²) in [6, 6.07) is 39.8. The Hall–Kier alpha value is -7.44. The number of carbonyl (C=O) groups is 8. The minimum Gasteiger partial charge on any atom is -0.462 e. The Labute approximate surface area is 663 Å². The molecule has 614 valence electrons. The van der Waals surface area contributed by atoms with Gasteiger partial charge in [-0.15, -0.1) is 0 Å². The molecule has 6 atom stereocenters. The van der Waals surface area contributed by atoms with Gasteiger partial charge in [0.05, 0.1) is 56.5 Å². The lowest BCUT2D eigenvalue weighted by Gasteiger charge is -2.59. The van der Waals surface area contributed by atoms with Gasteiger partial charge in [0.2, 0.25) is 0 Å². The van der Waals surface area contributed by atoms with Crippen LogP contribution in [0.5, 0.6) is 0 Å². The quantitative estimate of drug-likeness (QED) is 0.0517. The van der Waals surface area contributed by atoms with Crippen LogP contribution in [0.2, 0.25) is 0 Å². The van der Waals surface area contributed by atoms with Crippen LogP contribution in [-0.2, 0) is 87.5 Å². The predicted octanol–water partition coefficient (Wildman–Crippen LogP) is 18.9. The van der Waals surface area contributed by atoms with Crippen molar-refractivity contribution in [2.45, 2.75) is 319 Å². The molecule has 18 heteroatoms. The van der Waals surface area contributed by atoms with Gasteiger partial charge >= 0.3 is 47.8 Å². The second-order valence-electron chi connectivity index (χ2n) is 37.2. The minimum atomic E-state index is -0.786. The van der Waals surface area contributed by atoms with Gasteiger partial charge in [0.1, 0.15) is 36.6 Å². The Morgan fingerprint density at radius 2 is 0.622 bits per heavy atom. The largest absolute Gasteiger partial charge is 0.462 e. The summed E-state index contributed by atoms with van der Waals surface area (Å²) in [7, 11) is 0. The monoisotopic (exact) mass is 1540 g/mol. The van der Waals surface area contributed by atoms with Crippen molar-refractivity contribution in [3.63, 3.8) is 0 Å². The van der Waals surface area contributed by atoms with Gasteiger partial charge in [0.25, 0.3) is 0 Å². The molecule has 4 aromatic carbocycles. The number of hydrogen-bond acceptors (Lipinski definition) is 18. The first-order valence-electron chi connectivity index (χ1n) is 41.1. The van der Waals surface area contributed by atoms with Gasteiger partial charge in [-0.3, -0.25) is 38.4 Å². The maximum Gasteiger partial charge on any atom is 0.312 e. The Balaban J connectivity index is 0.000000187. The number of aliphatic hydroxyl groups is 2. The van der Waals surface area contributed by atoms with Gasteiger partial charge in [-0.25, -0.2) is 0 Å². The molecule has 0 amide bonds. The lowest BCUT2D eigenvalue weighted by atomic mass is 9.52. The summed E-state index contributed by atoms with van der Waals surface area (Å²) >= 11 is 0. The summed E-state index contributed by atoms with van der Waals surface area (Å²) in [6.45, 7) is 39.2. The van der Waals surface area contributed by atoms with Crippen LogP contribution in [0.25, 0.3) is 0 Å². The molecule has 10 fully saturated rings. The van der Waals surface area contributed by atoms with E-state index < -0.39 is 54.9 Å². The fraction of sp³-hybridized carbons (Fsp3) is 0.656. The van der Waals surface area contributed by atoms with Crippen molar-refractivity contribution in [2.24, 2.45) is 56.2 Å². The van der Waals surface area contributed by atoms with E-state index in [1.54, 1.807) is 0 Å². The van der Waals surface area contributed by atoms with Crippen molar-refractivity contribution in [3.05, 3.63) is 144 Å². The highest BCUT2D eigenvalue weighted by Gasteiger charge is 2.61. The average Bonchev–Trinajstić information content (AvgIpc) is 1.43. The first-order valence-corrected chi connectivity index (χ1v) is 41.1. The molecule has 14 rings (SSSR count). The van der Waals surface area contributed by atoms with Crippen molar-refractivity contribution in [1.82, 2.24) is 0 Å². The van der Waals surface area contributed by atoms with Crippen LogP contribution in [0, 0.1) is 56.2 Å². The zero-order valence-electron chi connectivity index (χ0n) is 70.7. The summed E-state index contributed by atoms with van der Waals surface area (Å²) in [5.41, 5.74) is -2.17. The molecule has 0 spiro atoms. The normalized spacial score (nSPS) is 25.6. The molecular formula is C93H134O18. The molecule has 8 saturated carbocycles. The Morgan fingerprint density at radius 3 is 0.874 bits per heavy atom. The predicted molar refractivity (Wildman–Crippen MR) is 428 cm³/mol. The van der Waals surface area contributed by atoms with Crippen LogP contribution in [0.1, 0.15) is 296 Å². The van der Waals surface area contributed by atoms with Gasteiger partial charge in [-0.05, 0) is 234 Å². The number of benzene rings is 4. The van der Waals surface area contributed by atoms with Gasteiger partial charge < -0.3 is 48.1 Å². The van der Waals surface area contributed by atoms with E-state index in [1.165, 1.54) is 12.8 Å². The van der Waals surface area contributed by atoms with E-state index in [0.717, 1.165) is 99.3 Å². The van der Waals surface area contributed by atoms with Crippen LogP contribution >= 0.6 is 0 Å². The Bertz CT molecular complexity index is 3520. The zero-order chi connectivity index (χ0) is 82.5. The number of hydrogen-bond donors (Lipinski definition) is 2. The molecule has 2 N–H and O–H groups in total. The third kappa shape index (κ3) is 23.2. The topological polar surface area (TPSA) is 251 Å². The van der Waals surface area contributed by atoms with E-state index in [9.17, 15) is 48.6 Å². The maximum atomic E-state index is 12.8. The summed E-state index contributed by atoms with van der Waals surface area (Å²) in [5, 5.41) is 21.3. The molecule has 10 aliphatic rings. The first-order chi connectivity index (χ1) is 51.8. The number of esters is 8. The first kappa shape index (κ1) is 90.7. The van der Waals surface area contributed by atoms with E-state index in [4.69, 9.17) is 37.9 Å². The van der Waals surface area contributed by atoms with Crippen LogP contribution in [0.3, 0.4) is 0 Å². The lowest BCUT2D eigenvalue weighted by molar-refractivity contribution is -0.226. The van der Waals surface area contributed by atoms with E-state index in [0.29, 0.717) is 55.8 Å². The molecule has 111 heavy (non-hydrogen) atoms. The molecule has 4 aromatic rings. The number of cyclic esters (lactones) is 2. The summed E-state index contributed by atoms with van der Waals surface area (Å²) in [5.74, 6) is 0.627. The fourth-order valence-electron chi connectivity index (χ4n) is 16.4. The van der Waals surface area contributed by atoms with Crippen LogP contribution in [0.15, 0.2) is 121 Å². The van der Waals surface area contributed by atoms with Gasteiger partial charge in [-0.2, -0.15) is 0 Å². The van der Waals surface area contributed by atoms with Crippen molar-refractivity contribution < 1.29 is 86.5 Å². The van der Waals surface area contributed by atoms with E-state index in [-0.39, 0.29) is 97.2 Å². The van der Waals surface area contributed by atoms with Crippen LogP contribution in [-0.4, -0.2) is 106 Å². The smallest absolute Gasteiger partial charge is 0.312 e. The standard InChI is InChI=1S/C21H26O2.C20H24O2.2C16H26O3.2C10H16O4/c1-5-20(3,4)19(22)23-21(6-2,17-13-9-7-10-14-17)18-15-11-8-12-16-18;1-5-19(2,3)18(21)22-20(4,16-12-8-6-9-13-16)17-14-10-7-11-15-17;2*1-4-14(2,3)13(17)19-16-8-11-5-12(9-16)7-15(18,6-11)10-16;2*1-4-10(2,3)9(12)14-7-5-8(11)13-6-7/h7-16H,5-6H2,1-4H3;6-15H,5H2,1-4H3;2*11-12,18H,4-10H2,1-3H3;2*7H,4-6H2,1-3H3. The molecule has 0 aromatic heterocycles. The summed E-state index contributed by atoms with van der Waals surface area (Å²) < 4.78 is 43.8. The van der Waals surface area contributed by atoms with E-state index in [2.05, 4.69) is 6.92 Å². The second-order valence-corrected chi connectivity index (χ2v) is 37.2. The summed E-state index contributed by atoms with van der Waals surface area (Å²) in [6.07, 6.45) is 16.1. The van der Waals surface area contributed by atoms with Crippen LogP contribution in [0.4, 0.5) is 0 Å². The molecule has 0 radical (unpaired) electrons. The van der Waals surface area contributed by atoms with Crippen molar-refractivity contribution in [1.29, 1.82) is 0 Å². The highest BCUT2D eigenvalue weighted by molar-refractivity contribution is 5.80. The number of rotatable bonds is 23. The molecule has 2 aliphatic heterocycles. The fourth-order valence-corrected chi connectivity index (χ4v) is 16.4. The molecule has 8 bridgehead atoms. The molecule has 2 saturated heterocycles. The maximum absolute atomic E-state index is 12.8. The van der Waals surface area contributed by atoms with Gasteiger partial charge in [0.15, 0.2) is 11.2 Å². The molecule has 18 nitrogen and oxygen atoms in total. The second kappa shape index (κ2) is 36.8. The third-order valence-electron chi connectivity index (χ3n) is 25.6. The molecule has 8 aliphatic carbocycles. The highest BCUT2D eigenvalue weighted by atomic mass is 16.6. The molecule has 2 heterocycles. The van der Waals surface area contributed by atoms with Gasteiger partial charge in [0, 0.05) is 24.0 Å². The Morgan fingerprint density at radius 1 is 0.360 bits per heavy atom. The van der Waals surface area contributed by atoms with E-state index >= 15 is 0 Å². The Kier molecular flexibility index (Phi) is 30.1. The minimum absolute atomic E-state index is 0.0828. The zero-order valence-corrected chi connectivity index (χ0v) is 70.7. The third-order valence-corrected chi connectivity index (χ3v) is 25.6. The van der Waals surface area contributed by atoms with Crippen molar-refractivity contribution in [2.75, 3.05) is 13.2 Å². The summed E-state index contributed by atoms with van der Waals surface area (Å²) in [4.78, 5) is 94.8. The lowest BCUT2D eigenvalue weighted by Crippen LogP contribution is -2.61. The van der Waals surface area contributed by atoms with Crippen molar-refractivity contribution >= 4 is 47.8 Å². The van der Waals surface area contributed by atoms with Crippen molar-refractivity contribution in [3.8, 4) is 0 Å². The average molecular weight is 1540 g/mol.